The van der Waals surface area contributed by atoms with E-state index in [-0.39, 0.29) is 12.4 Å². The van der Waals surface area contributed by atoms with E-state index in [9.17, 15) is 18.0 Å². The number of nitrogens with one attached hydrogen (secondary N) is 2. The monoisotopic (exact) mass is 316 g/mol. The second-order valence-corrected chi connectivity index (χ2v) is 3.97. The SMILES string of the molecule is CNC(C(=O)NCC(O)C(F)(F)F)c1cnn(C)c1.Cl. The summed E-state index contributed by atoms with van der Waals surface area (Å²) in [6.45, 7) is -0.888. The molecule has 0 saturated heterocycles. The van der Waals surface area contributed by atoms with Crippen LogP contribution in [0.15, 0.2) is 12.4 Å². The van der Waals surface area contributed by atoms with Gasteiger partial charge in [0.25, 0.3) is 0 Å². The van der Waals surface area contributed by atoms with Crippen LogP contribution in [0.2, 0.25) is 0 Å². The van der Waals surface area contributed by atoms with E-state index in [4.69, 9.17) is 5.11 Å². The zero-order valence-corrected chi connectivity index (χ0v) is 11.6. The molecule has 6 nitrogen and oxygen atoms in total. The molecule has 0 aliphatic heterocycles. The van der Waals surface area contributed by atoms with Gasteiger partial charge in [-0.05, 0) is 7.05 Å². The lowest BCUT2D eigenvalue weighted by molar-refractivity contribution is -0.201. The van der Waals surface area contributed by atoms with E-state index < -0.39 is 30.8 Å². The summed E-state index contributed by atoms with van der Waals surface area (Å²) >= 11 is 0. The van der Waals surface area contributed by atoms with Crippen molar-refractivity contribution in [2.45, 2.75) is 18.3 Å². The minimum Gasteiger partial charge on any atom is -0.382 e. The number of hydrogen-bond donors (Lipinski definition) is 3. The van der Waals surface area contributed by atoms with Crippen LogP contribution in [0.3, 0.4) is 0 Å². The molecule has 1 rings (SSSR count). The number of halogens is 4. The zero-order chi connectivity index (χ0) is 14.6. The van der Waals surface area contributed by atoms with Gasteiger partial charge in [-0.25, -0.2) is 0 Å². The maximum atomic E-state index is 12.1. The van der Waals surface area contributed by atoms with Crippen LogP contribution in [0, 0.1) is 0 Å². The van der Waals surface area contributed by atoms with Crippen molar-refractivity contribution in [3.63, 3.8) is 0 Å². The van der Waals surface area contributed by atoms with Crippen molar-refractivity contribution in [2.75, 3.05) is 13.6 Å². The summed E-state index contributed by atoms with van der Waals surface area (Å²) in [6.07, 6.45) is -4.33. The van der Waals surface area contributed by atoms with Crippen molar-refractivity contribution in [3.05, 3.63) is 18.0 Å². The lowest BCUT2D eigenvalue weighted by Gasteiger charge is -2.18. The Balaban J connectivity index is 0.00000361. The normalized spacial score (nSPS) is 14.3. The fraction of sp³-hybridized carbons (Fsp3) is 0.600. The number of carbonyl (C=O) groups is 1. The molecular weight excluding hydrogens is 301 g/mol. The predicted octanol–water partition coefficient (Wildman–Crippen LogP) is 0.142. The van der Waals surface area contributed by atoms with Crippen LogP contribution < -0.4 is 10.6 Å². The number of rotatable bonds is 5. The van der Waals surface area contributed by atoms with E-state index in [1.807, 2.05) is 5.32 Å². The molecule has 3 N–H and O–H groups in total. The third kappa shape index (κ3) is 4.99. The van der Waals surface area contributed by atoms with Crippen molar-refractivity contribution in [1.29, 1.82) is 0 Å². The summed E-state index contributed by atoms with van der Waals surface area (Å²) < 4.78 is 37.7. The molecule has 1 amide bonds. The number of likely N-dealkylation sites (N-methyl/N-ethyl adjacent to an activating group) is 1. The van der Waals surface area contributed by atoms with Crippen LogP contribution in [-0.4, -0.2) is 46.7 Å². The van der Waals surface area contributed by atoms with Gasteiger partial charge < -0.3 is 15.7 Å². The fourth-order valence-electron chi connectivity index (χ4n) is 1.45. The molecule has 1 heterocycles. The number of aryl methyl sites for hydroxylation is 1. The Morgan fingerprint density at radius 1 is 1.55 bits per heavy atom. The van der Waals surface area contributed by atoms with Gasteiger partial charge in [0.1, 0.15) is 6.04 Å². The van der Waals surface area contributed by atoms with Gasteiger partial charge in [-0.2, -0.15) is 18.3 Å². The lowest BCUT2D eigenvalue weighted by atomic mass is 10.1. The minimum atomic E-state index is -4.75. The molecule has 0 saturated carbocycles. The maximum absolute atomic E-state index is 12.1. The molecule has 0 aliphatic rings. The van der Waals surface area contributed by atoms with Gasteiger partial charge in [-0.15, -0.1) is 12.4 Å². The second-order valence-electron chi connectivity index (χ2n) is 3.97. The van der Waals surface area contributed by atoms with Crippen LogP contribution in [0.4, 0.5) is 13.2 Å². The molecule has 0 aliphatic carbocycles. The Bertz CT molecular complexity index is 438. The molecule has 0 bridgehead atoms. The molecule has 0 radical (unpaired) electrons. The highest BCUT2D eigenvalue weighted by Crippen LogP contribution is 2.19. The summed E-state index contributed by atoms with van der Waals surface area (Å²) in [5, 5.41) is 17.4. The Hall–Kier alpha value is -1.32. The zero-order valence-electron chi connectivity index (χ0n) is 10.8. The van der Waals surface area contributed by atoms with Gasteiger partial charge >= 0.3 is 6.18 Å². The first-order valence-corrected chi connectivity index (χ1v) is 5.44. The number of nitrogens with zero attached hydrogens (tertiary/aromatic N) is 2. The van der Waals surface area contributed by atoms with E-state index in [0.29, 0.717) is 5.56 Å². The average Bonchev–Trinajstić information content (AvgIpc) is 2.72. The van der Waals surface area contributed by atoms with Crippen molar-refractivity contribution >= 4 is 18.3 Å². The van der Waals surface area contributed by atoms with E-state index in [1.54, 1.807) is 13.2 Å². The second kappa shape index (κ2) is 7.46. The molecule has 0 fully saturated rings. The van der Waals surface area contributed by atoms with Gasteiger partial charge in [0.05, 0.1) is 12.7 Å². The van der Waals surface area contributed by atoms with Gasteiger partial charge in [0.2, 0.25) is 5.91 Å². The smallest absolute Gasteiger partial charge is 0.382 e. The third-order valence-corrected chi connectivity index (χ3v) is 2.46. The van der Waals surface area contributed by atoms with Crippen LogP contribution in [-0.2, 0) is 11.8 Å². The Labute approximate surface area is 119 Å². The summed E-state index contributed by atoms with van der Waals surface area (Å²) in [6, 6.07) is -0.825. The summed E-state index contributed by atoms with van der Waals surface area (Å²) in [5.41, 5.74) is 0.518. The molecule has 0 spiro atoms. The summed E-state index contributed by atoms with van der Waals surface area (Å²) in [7, 11) is 3.15. The van der Waals surface area contributed by atoms with Crippen LogP contribution in [0.1, 0.15) is 11.6 Å². The maximum Gasteiger partial charge on any atom is 0.416 e. The first-order valence-electron chi connectivity index (χ1n) is 5.44. The molecule has 116 valence electrons. The van der Waals surface area contributed by atoms with Crippen LogP contribution in [0.25, 0.3) is 0 Å². The van der Waals surface area contributed by atoms with Gasteiger partial charge in [0.15, 0.2) is 6.10 Å². The average molecular weight is 317 g/mol. The van der Waals surface area contributed by atoms with Crippen LogP contribution >= 0.6 is 12.4 Å². The Morgan fingerprint density at radius 3 is 2.55 bits per heavy atom. The Kier molecular flexibility index (Phi) is 6.97. The number of amides is 1. The molecule has 1 aromatic rings. The number of aliphatic hydroxyl groups excluding tert-OH is 1. The van der Waals surface area contributed by atoms with Crippen molar-refractivity contribution < 1.29 is 23.1 Å². The number of hydrogen-bond acceptors (Lipinski definition) is 4. The highest BCUT2D eigenvalue weighted by atomic mass is 35.5. The molecule has 0 aromatic carbocycles. The van der Waals surface area contributed by atoms with E-state index in [2.05, 4.69) is 10.4 Å². The van der Waals surface area contributed by atoms with Crippen molar-refractivity contribution in [2.24, 2.45) is 7.05 Å². The van der Waals surface area contributed by atoms with E-state index in [0.717, 1.165) is 0 Å². The number of carbonyl (C=O) groups excluding carboxylic acids is 1. The quantitative estimate of drug-likeness (QED) is 0.722. The Morgan fingerprint density at radius 2 is 2.15 bits per heavy atom. The van der Waals surface area contributed by atoms with E-state index in [1.165, 1.54) is 17.9 Å². The van der Waals surface area contributed by atoms with Crippen molar-refractivity contribution in [1.82, 2.24) is 20.4 Å². The van der Waals surface area contributed by atoms with Crippen LogP contribution in [0.5, 0.6) is 0 Å². The largest absolute Gasteiger partial charge is 0.416 e. The first kappa shape index (κ1) is 18.7. The molecule has 2 unspecified atom stereocenters. The minimum absolute atomic E-state index is 0. The molecule has 2 atom stereocenters. The molecule has 20 heavy (non-hydrogen) atoms. The summed E-state index contributed by atoms with van der Waals surface area (Å²) in [4.78, 5) is 11.7. The standard InChI is InChI=1S/C10H15F3N4O2.ClH/c1-14-8(6-3-16-17(2)5-6)9(19)15-4-7(18)10(11,12)13;/h3,5,7-8,14,18H,4H2,1-2H3,(H,15,19);1H. The third-order valence-electron chi connectivity index (χ3n) is 2.46. The van der Waals surface area contributed by atoms with E-state index >= 15 is 0 Å². The highest BCUT2D eigenvalue weighted by molar-refractivity contribution is 5.85. The van der Waals surface area contributed by atoms with Crippen molar-refractivity contribution in [3.8, 4) is 0 Å². The highest BCUT2D eigenvalue weighted by Gasteiger charge is 2.38. The lowest BCUT2D eigenvalue weighted by Crippen LogP contribution is -2.44. The molecule has 1 aromatic heterocycles. The summed E-state index contributed by atoms with van der Waals surface area (Å²) in [5.74, 6) is -0.668. The molecular formula is C10H16ClF3N4O2. The topological polar surface area (TPSA) is 79.2 Å². The fourth-order valence-corrected chi connectivity index (χ4v) is 1.45. The van der Waals surface area contributed by atoms with Gasteiger partial charge in [-0.1, -0.05) is 0 Å². The predicted molar refractivity (Wildman–Crippen MR) is 67.3 cm³/mol. The van der Waals surface area contributed by atoms with Gasteiger partial charge in [0, 0.05) is 18.8 Å². The number of alkyl halides is 3. The van der Waals surface area contributed by atoms with Gasteiger partial charge in [-0.3, -0.25) is 9.48 Å². The number of aliphatic hydroxyl groups is 1. The number of aromatic nitrogens is 2. The first-order chi connectivity index (χ1) is 8.75. The molecule has 10 heteroatoms.